The van der Waals surface area contributed by atoms with Gasteiger partial charge in [-0.1, -0.05) is 30.3 Å². The van der Waals surface area contributed by atoms with E-state index in [-0.39, 0.29) is 18.9 Å². The number of hydrogen-bond donors (Lipinski definition) is 3. The summed E-state index contributed by atoms with van der Waals surface area (Å²) in [6.45, 7) is 1.95. The van der Waals surface area contributed by atoms with Crippen molar-refractivity contribution in [2.45, 2.75) is 31.8 Å². The molecule has 2 rings (SSSR count). The first kappa shape index (κ1) is 17.5. The lowest BCUT2D eigenvalue weighted by Crippen LogP contribution is -2.43. The van der Waals surface area contributed by atoms with Crippen molar-refractivity contribution in [1.82, 2.24) is 10.6 Å². The normalized spacial score (nSPS) is 17.6. The third-order valence-electron chi connectivity index (χ3n) is 3.55. The van der Waals surface area contributed by atoms with Crippen molar-refractivity contribution in [3.05, 3.63) is 47.7 Å². The Hall–Kier alpha value is -2.83. The zero-order valence-corrected chi connectivity index (χ0v) is 13.3. The monoisotopic (exact) mass is 332 g/mol. The first-order valence-corrected chi connectivity index (χ1v) is 7.70. The number of esters is 1. The van der Waals surface area contributed by atoms with Crippen LogP contribution < -0.4 is 10.6 Å². The molecule has 7 nitrogen and oxygen atoms in total. The van der Waals surface area contributed by atoms with Gasteiger partial charge in [0.2, 0.25) is 5.91 Å². The Kier molecular flexibility index (Phi) is 5.95. The molecule has 3 N–H and O–H groups in total. The molecule has 1 heterocycles. The van der Waals surface area contributed by atoms with Crippen LogP contribution in [0.5, 0.6) is 0 Å². The molecule has 1 aromatic rings. The van der Waals surface area contributed by atoms with Gasteiger partial charge in [-0.3, -0.25) is 9.59 Å². The van der Waals surface area contributed by atoms with Crippen LogP contribution in [-0.2, 0) is 25.5 Å². The highest BCUT2D eigenvalue weighted by molar-refractivity contribution is 5.92. The molecule has 0 spiro atoms. The summed E-state index contributed by atoms with van der Waals surface area (Å²) in [5.41, 5.74) is 1.31. The number of benzene rings is 1. The Morgan fingerprint density at radius 1 is 1.33 bits per heavy atom. The molecular weight excluding hydrogens is 312 g/mol. The summed E-state index contributed by atoms with van der Waals surface area (Å²) < 4.78 is 5.08. The average molecular weight is 332 g/mol. The molecule has 0 saturated heterocycles. The Morgan fingerprint density at radius 3 is 2.67 bits per heavy atom. The summed E-state index contributed by atoms with van der Waals surface area (Å²) in [7, 11) is 0. The summed E-state index contributed by atoms with van der Waals surface area (Å²) in [6, 6.07) is 7.99. The predicted molar refractivity (Wildman–Crippen MR) is 86.0 cm³/mol. The molecule has 1 aromatic carbocycles. The molecule has 7 heteroatoms. The molecule has 1 aliphatic rings. The lowest BCUT2D eigenvalue weighted by molar-refractivity contribution is -0.145. The number of aliphatic carboxylic acids is 1. The number of ether oxygens (including phenoxy) is 1. The van der Waals surface area contributed by atoms with Crippen LogP contribution >= 0.6 is 0 Å². The van der Waals surface area contributed by atoms with E-state index in [0.717, 1.165) is 5.56 Å². The molecule has 0 saturated carbocycles. The minimum Gasteiger partial charge on any atom is -0.481 e. The van der Waals surface area contributed by atoms with Crippen molar-refractivity contribution in [2.24, 2.45) is 0 Å². The molecule has 1 aliphatic heterocycles. The second-order valence-corrected chi connectivity index (χ2v) is 5.40. The second-order valence-electron chi connectivity index (χ2n) is 5.40. The zero-order chi connectivity index (χ0) is 17.5. The standard InChI is InChI=1S/C17H20N2O5/c1-2-24-17(23)14(8-11-6-4-3-5-7-11)18-12-9-15(20)19-13(12)10-16(21)22/h3-7,9,13-14,18H,2,8,10H2,1H3,(H,19,20)(H,21,22)/t13-,14-/m0/s1. The van der Waals surface area contributed by atoms with E-state index in [1.165, 1.54) is 6.08 Å². The molecule has 0 fully saturated rings. The van der Waals surface area contributed by atoms with E-state index in [9.17, 15) is 14.4 Å². The smallest absolute Gasteiger partial charge is 0.328 e. The maximum absolute atomic E-state index is 12.2. The molecule has 0 unspecified atom stereocenters. The average Bonchev–Trinajstić information content (AvgIpc) is 2.86. The number of nitrogens with one attached hydrogen (secondary N) is 2. The van der Waals surface area contributed by atoms with E-state index in [4.69, 9.17) is 9.84 Å². The SMILES string of the molecule is CCOC(=O)[C@H](Cc1ccccc1)NC1=CC(=O)N[C@H]1CC(=O)O. The highest BCUT2D eigenvalue weighted by atomic mass is 16.5. The van der Waals surface area contributed by atoms with Gasteiger partial charge in [0.15, 0.2) is 0 Å². The topological polar surface area (TPSA) is 105 Å². The Balaban J connectivity index is 2.14. The highest BCUT2D eigenvalue weighted by Gasteiger charge is 2.30. The van der Waals surface area contributed by atoms with E-state index in [0.29, 0.717) is 12.1 Å². The summed E-state index contributed by atoms with van der Waals surface area (Å²) in [6.07, 6.45) is 1.39. The van der Waals surface area contributed by atoms with E-state index in [1.54, 1.807) is 6.92 Å². The first-order valence-electron chi connectivity index (χ1n) is 7.70. The number of carboxylic acid groups (broad SMARTS) is 1. The van der Waals surface area contributed by atoms with Crippen molar-refractivity contribution in [3.63, 3.8) is 0 Å². The molecule has 24 heavy (non-hydrogen) atoms. The lowest BCUT2D eigenvalue weighted by Gasteiger charge is -2.22. The fraction of sp³-hybridized carbons (Fsp3) is 0.353. The van der Waals surface area contributed by atoms with E-state index < -0.39 is 24.0 Å². The summed E-state index contributed by atoms with van der Waals surface area (Å²) >= 11 is 0. The minimum atomic E-state index is -1.04. The van der Waals surface area contributed by atoms with Crippen LogP contribution in [0.15, 0.2) is 42.1 Å². The summed E-state index contributed by atoms with van der Waals surface area (Å²) in [4.78, 5) is 34.7. The minimum absolute atomic E-state index is 0.237. The van der Waals surface area contributed by atoms with Gasteiger partial charge >= 0.3 is 11.9 Å². The summed E-state index contributed by atoms with van der Waals surface area (Å²) in [5.74, 6) is -1.87. The van der Waals surface area contributed by atoms with Gasteiger partial charge in [0, 0.05) is 18.2 Å². The fourth-order valence-corrected chi connectivity index (χ4v) is 2.50. The quantitative estimate of drug-likeness (QED) is 0.603. The number of amides is 1. The Bertz CT molecular complexity index is 642. The largest absolute Gasteiger partial charge is 0.481 e. The predicted octanol–water partition coefficient (Wildman–Crippen LogP) is 0.607. The van der Waals surface area contributed by atoms with Crippen LogP contribution in [-0.4, -0.2) is 41.6 Å². The molecule has 0 radical (unpaired) electrons. The second kappa shape index (κ2) is 8.14. The van der Waals surface area contributed by atoms with Gasteiger partial charge in [-0.15, -0.1) is 0 Å². The molecule has 0 aromatic heterocycles. The zero-order valence-electron chi connectivity index (χ0n) is 13.3. The maximum atomic E-state index is 12.2. The molecule has 2 atom stereocenters. The van der Waals surface area contributed by atoms with Crippen LogP contribution in [0.25, 0.3) is 0 Å². The van der Waals surface area contributed by atoms with Gasteiger partial charge in [-0.25, -0.2) is 4.79 Å². The van der Waals surface area contributed by atoms with Crippen LogP contribution in [0.4, 0.5) is 0 Å². The van der Waals surface area contributed by atoms with Crippen molar-refractivity contribution < 1.29 is 24.2 Å². The summed E-state index contributed by atoms with van der Waals surface area (Å²) in [5, 5.41) is 14.5. The van der Waals surface area contributed by atoms with Gasteiger partial charge in [0.05, 0.1) is 19.1 Å². The van der Waals surface area contributed by atoms with Crippen molar-refractivity contribution in [2.75, 3.05) is 6.61 Å². The molecule has 128 valence electrons. The molecule has 1 amide bonds. The number of rotatable bonds is 8. The fourth-order valence-electron chi connectivity index (χ4n) is 2.50. The van der Waals surface area contributed by atoms with Crippen LogP contribution in [0.1, 0.15) is 18.9 Å². The van der Waals surface area contributed by atoms with Gasteiger partial charge in [0.25, 0.3) is 0 Å². The number of carbonyl (C=O) groups excluding carboxylic acids is 2. The van der Waals surface area contributed by atoms with Gasteiger partial charge in [0.1, 0.15) is 6.04 Å². The van der Waals surface area contributed by atoms with Crippen LogP contribution in [0, 0.1) is 0 Å². The number of carboxylic acids is 1. The van der Waals surface area contributed by atoms with E-state index >= 15 is 0 Å². The lowest BCUT2D eigenvalue weighted by atomic mass is 10.0. The number of hydrogen-bond acceptors (Lipinski definition) is 5. The van der Waals surface area contributed by atoms with Crippen molar-refractivity contribution in [3.8, 4) is 0 Å². The third kappa shape index (κ3) is 4.84. The number of carbonyl (C=O) groups is 3. The van der Waals surface area contributed by atoms with Crippen molar-refractivity contribution in [1.29, 1.82) is 0 Å². The van der Waals surface area contributed by atoms with Crippen LogP contribution in [0.3, 0.4) is 0 Å². The van der Waals surface area contributed by atoms with Gasteiger partial charge in [-0.05, 0) is 12.5 Å². The van der Waals surface area contributed by atoms with Gasteiger partial charge in [-0.2, -0.15) is 0 Å². The molecular formula is C17H20N2O5. The molecule has 0 bridgehead atoms. The third-order valence-corrected chi connectivity index (χ3v) is 3.55. The van der Waals surface area contributed by atoms with Crippen LogP contribution in [0.2, 0.25) is 0 Å². The molecule has 0 aliphatic carbocycles. The van der Waals surface area contributed by atoms with E-state index in [1.807, 2.05) is 30.3 Å². The first-order chi connectivity index (χ1) is 11.5. The highest BCUT2D eigenvalue weighted by Crippen LogP contribution is 2.14. The Labute approximate surface area is 139 Å². The maximum Gasteiger partial charge on any atom is 0.328 e. The van der Waals surface area contributed by atoms with Gasteiger partial charge < -0.3 is 20.5 Å². The van der Waals surface area contributed by atoms with E-state index in [2.05, 4.69) is 10.6 Å². The Morgan fingerprint density at radius 2 is 2.04 bits per heavy atom. The van der Waals surface area contributed by atoms with Crippen molar-refractivity contribution >= 4 is 17.8 Å².